The first-order valence-corrected chi connectivity index (χ1v) is 8.78. The number of aromatic hydroxyl groups is 2. The zero-order chi connectivity index (χ0) is 20.7. The van der Waals surface area contributed by atoms with Gasteiger partial charge in [0.25, 0.3) is 11.8 Å². The Kier molecular flexibility index (Phi) is 4.42. The lowest BCUT2D eigenvalue weighted by molar-refractivity contribution is -0.172. The fourth-order valence-corrected chi connectivity index (χ4v) is 3.18. The van der Waals surface area contributed by atoms with Crippen LogP contribution in [0.4, 0.5) is 0 Å². The van der Waals surface area contributed by atoms with Crippen molar-refractivity contribution in [3.63, 3.8) is 0 Å². The number of amides is 2. The lowest BCUT2D eigenvalue weighted by Crippen LogP contribution is -2.32. The summed E-state index contributed by atoms with van der Waals surface area (Å²) in [5.74, 6) is -3.29. The maximum Gasteiger partial charge on any atom is 0.363 e. The number of benzene rings is 2. The van der Waals surface area contributed by atoms with Crippen molar-refractivity contribution in [1.82, 2.24) is 5.06 Å². The number of carbonyl (C=O) groups is 4. The minimum atomic E-state index is -0.867. The molecule has 0 bridgehead atoms. The quantitative estimate of drug-likeness (QED) is 0.594. The van der Waals surface area contributed by atoms with Gasteiger partial charge in [0.15, 0.2) is 17.3 Å². The lowest BCUT2D eigenvalue weighted by Gasteiger charge is -2.26. The molecule has 0 aromatic heterocycles. The van der Waals surface area contributed by atoms with Gasteiger partial charge in [-0.1, -0.05) is 12.1 Å². The number of hydrogen-bond acceptors (Lipinski definition) is 8. The molecule has 2 aromatic carbocycles. The number of hydroxylamine groups is 2. The van der Waals surface area contributed by atoms with Crippen LogP contribution < -0.4 is 4.74 Å². The Morgan fingerprint density at radius 2 is 1.66 bits per heavy atom. The minimum absolute atomic E-state index is 0.00196. The highest BCUT2D eigenvalue weighted by atomic mass is 16.7. The Morgan fingerprint density at radius 3 is 2.31 bits per heavy atom. The van der Waals surface area contributed by atoms with Crippen molar-refractivity contribution in [2.75, 3.05) is 0 Å². The van der Waals surface area contributed by atoms with Gasteiger partial charge in [0.2, 0.25) is 5.75 Å². The summed E-state index contributed by atoms with van der Waals surface area (Å²) in [7, 11) is 0. The van der Waals surface area contributed by atoms with Crippen molar-refractivity contribution in [1.29, 1.82) is 0 Å². The molecule has 9 heteroatoms. The highest BCUT2D eigenvalue weighted by Gasteiger charge is 2.34. The Morgan fingerprint density at radius 1 is 1.00 bits per heavy atom. The van der Waals surface area contributed by atoms with Crippen molar-refractivity contribution in [2.24, 2.45) is 0 Å². The van der Waals surface area contributed by atoms with Crippen LogP contribution in [-0.2, 0) is 14.4 Å². The van der Waals surface area contributed by atoms with Crippen LogP contribution in [-0.4, -0.2) is 38.8 Å². The Balaban J connectivity index is 1.52. The first-order chi connectivity index (χ1) is 13.8. The summed E-state index contributed by atoms with van der Waals surface area (Å²) in [5, 5.41) is 20.1. The molecule has 0 saturated carbocycles. The zero-order valence-corrected chi connectivity index (χ0v) is 15.0. The summed E-state index contributed by atoms with van der Waals surface area (Å²) in [6, 6.07) is 8.48. The number of hydrogen-bond donors (Lipinski definition) is 2. The second-order valence-corrected chi connectivity index (χ2v) is 6.63. The van der Waals surface area contributed by atoms with Crippen LogP contribution in [0, 0.1) is 0 Å². The van der Waals surface area contributed by atoms with Gasteiger partial charge >= 0.3 is 5.97 Å². The van der Waals surface area contributed by atoms with E-state index in [1.54, 1.807) is 0 Å². The predicted molar refractivity (Wildman–Crippen MR) is 95.0 cm³/mol. The van der Waals surface area contributed by atoms with E-state index in [4.69, 9.17) is 9.57 Å². The van der Waals surface area contributed by atoms with Crippen LogP contribution in [0.15, 0.2) is 36.4 Å². The van der Waals surface area contributed by atoms with Crippen molar-refractivity contribution in [2.45, 2.75) is 25.4 Å². The number of imide groups is 1. The van der Waals surface area contributed by atoms with Crippen LogP contribution in [0.1, 0.15) is 51.6 Å². The minimum Gasteiger partial charge on any atom is -0.504 e. The summed E-state index contributed by atoms with van der Waals surface area (Å²) >= 11 is 0. The summed E-state index contributed by atoms with van der Waals surface area (Å²) in [5.41, 5.74) is 0.831. The number of nitrogens with zero attached hydrogens (tertiary/aromatic N) is 1. The fourth-order valence-electron chi connectivity index (χ4n) is 3.18. The number of ether oxygens (including phenoxy) is 1. The van der Waals surface area contributed by atoms with Gasteiger partial charge in [-0.25, -0.2) is 4.79 Å². The van der Waals surface area contributed by atoms with E-state index < -0.39 is 35.4 Å². The molecule has 2 aromatic rings. The standard InChI is InChI=1S/C20H15NO8/c22-13-6-5-12-14(23)9-15(28-19(12)18(13)26)10-1-3-11(4-2-10)20(27)29-21-16(24)7-8-17(21)25/h1-6,15,22,26H,7-9H2. The molecule has 1 unspecified atom stereocenters. The Bertz CT molecular complexity index is 1030. The normalized spacial score (nSPS) is 18.4. The third-order valence-corrected chi connectivity index (χ3v) is 4.74. The van der Waals surface area contributed by atoms with E-state index in [0.717, 1.165) is 0 Å². The molecule has 1 saturated heterocycles. The van der Waals surface area contributed by atoms with Crippen molar-refractivity contribution < 1.29 is 39.0 Å². The van der Waals surface area contributed by atoms with Gasteiger partial charge in [0, 0.05) is 12.8 Å². The molecule has 2 N–H and O–H groups in total. The predicted octanol–water partition coefficient (Wildman–Crippen LogP) is 2.03. The van der Waals surface area contributed by atoms with E-state index in [-0.39, 0.29) is 41.9 Å². The number of Topliss-reactive ketones (excluding diaryl/α,β-unsaturated/α-hetero) is 1. The maximum atomic E-state index is 12.3. The number of phenolic OH excluding ortho intramolecular Hbond substituents is 2. The number of ketones is 1. The van der Waals surface area contributed by atoms with Gasteiger partial charge in [-0.3, -0.25) is 14.4 Å². The zero-order valence-electron chi connectivity index (χ0n) is 15.0. The van der Waals surface area contributed by atoms with Crippen molar-refractivity contribution in [3.8, 4) is 17.2 Å². The first-order valence-electron chi connectivity index (χ1n) is 8.78. The Labute approximate surface area is 164 Å². The van der Waals surface area contributed by atoms with Gasteiger partial charge in [0.1, 0.15) is 6.10 Å². The number of rotatable bonds is 3. The van der Waals surface area contributed by atoms with E-state index in [2.05, 4.69) is 0 Å². The van der Waals surface area contributed by atoms with E-state index in [9.17, 15) is 29.4 Å². The van der Waals surface area contributed by atoms with Gasteiger partial charge in [-0.05, 0) is 29.8 Å². The van der Waals surface area contributed by atoms with Gasteiger partial charge in [-0.15, -0.1) is 5.06 Å². The maximum absolute atomic E-state index is 12.3. The third-order valence-electron chi connectivity index (χ3n) is 4.74. The smallest absolute Gasteiger partial charge is 0.363 e. The van der Waals surface area contributed by atoms with Crippen LogP contribution in [0.2, 0.25) is 0 Å². The molecule has 2 aliphatic rings. The summed E-state index contributed by atoms with van der Waals surface area (Å²) in [4.78, 5) is 52.4. The van der Waals surface area contributed by atoms with Gasteiger partial charge < -0.3 is 19.8 Å². The Hall–Kier alpha value is -3.88. The molecule has 1 fully saturated rings. The van der Waals surface area contributed by atoms with Crippen LogP contribution in [0.5, 0.6) is 17.2 Å². The SMILES string of the molecule is O=C(ON1C(=O)CCC1=O)c1ccc(C2CC(=O)c3ccc(O)c(O)c3O2)cc1. The topological polar surface area (TPSA) is 130 Å². The number of carbonyl (C=O) groups excluding carboxylic acids is 4. The largest absolute Gasteiger partial charge is 0.504 e. The average Bonchev–Trinajstić information content (AvgIpc) is 3.03. The molecule has 0 aliphatic carbocycles. The molecule has 148 valence electrons. The average molecular weight is 397 g/mol. The molecule has 2 amide bonds. The van der Waals surface area contributed by atoms with Crippen molar-refractivity contribution >= 4 is 23.6 Å². The third kappa shape index (κ3) is 3.27. The first kappa shape index (κ1) is 18.5. The van der Waals surface area contributed by atoms with Crippen LogP contribution in [0.25, 0.3) is 0 Å². The molecule has 4 rings (SSSR count). The van der Waals surface area contributed by atoms with E-state index in [1.165, 1.54) is 36.4 Å². The summed E-state index contributed by atoms with van der Waals surface area (Å²) in [6.45, 7) is 0. The van der Waals surface area contributed by atoms with Crippen LogP contribution in [0.3, 0.4) is 0 Å². The van der Waals surface area contributed by atoms with E-state index >= 15 is 0 Å². The molecule has 2 aliphatic heterocycles. The molecule has 2 heterocycles. The second-order valence-electron chi connectivity index (χ2n) is 6.63. The molecule has 0 radical (unpaired) electrons. The lowest BCUT2D eigenvalue weighted by atomic mass is 9.95. The van der Waals surface area contributed by atoms with Gasteiger partial charge in [0.05, 0.1) is 17.5 Å². The second kappa shape index (κ2) is 6.93. The van der Waals surface area contributed by atoms with Crippen molar-refractivity contribution in [3.05, 3.63) is 53.1 Å². The highest BCUT2D eigenvalue weighted by Crippen LogP contribution is 2.44. The highest BCUT2D eigenvalue weighted by molar-refractivity contribution is 6.03. The molecular formula is C20H15NO8. The number of phenols is 2. The summed E-state index contributed by atoms with van der Waals surface area (Å²) in [6.07, 6.45) is -0.712. The monoisotopic (exact) mass is 397 g/mol. The molecular weight excluding hydrogens is 382 g/mol. The van der Waals surface area contributed by atoms with E-state index in [0.29, 0.717) is 10.6 Å². The van der Waals surface area contributed by atoms with Gasteiger partial charge in [-0.2, -0.15) is 0 Å². The molecule has 1 atom stereocenters. The summed E-state index contributed by atoms with van der Waals surface area (Å²) < 4.78 is 5.69. The fraction of sp³-hybridized carbons (Fsp3) is 0.200. The molecule has 29 heavy (non-hydrogen) atoms. The molecule has 0 spiro atoms. The van der Waals surface area contributed by atoms with Crippen LogP contribution >= 0.6 is 0 Å². The number of fused-ring (bicyclic) bond motifs is 1. The molecule has 9 nitrogen and oxygen atoms in total. The van der Waals surface area contributed by atoms with E-state index in [1.807, 2.05) is 0 Å².